The van der Waals surface area contributed by atoms with Gasteiger partial charge in [-0.05, 0) is 23.8 Å². The van der Waals surface area contributed by atoms with Crippen molar-refractivity contribution in [2.45, 2.75) is 13.0 Å². The Balaban J connectivity index is 2.05. The molecule has 0 bridgehead atoms. The van der Waals surface area contributed by atoms with Crippen LogP contribution in [0.3, 0.4) is 0 Å². The van der Waals surface area contributed by atoms with Gasteiger partial charge in [0.15, 0.2) is 0 Å². The van der Waals surface area contributed by atoms with Crippen molar-refractivity contribution < 1.29 is 14.6 Å². The fourth-order valence-corrected chi connectivity index (χ4v) is 1.94. The van der Waals surface area contributed by atoms with Gasteiger partial charge >= 0.3 is 0 Å². The van der Waals surface area contributed by atoms with Crippen LogP contribution in [0.2, 0.25) is 0 Å². The van der Waals surface area contributed by atoms with Gasteiger partial charge in [0.1, 0.15) is 5.75 Å². The first-order chi connectivity index (χ1) is 9.72. The largest absolute Gasteiger partial charge is 0.497 e. The van der Waals surface area contributed by atoms with Gasteiger partial charge < -0.3 is 15.2 Å². The zero-order valence-electron chi connectivity index (χ0n) is 11.3. The third-order valence-electron chi connectivity index (χ3n) is 2.96. The van der Waals surface area contributed by atoms with E-state index in [0.717, 1.165) is 11.3 Å². The summed E-state index contributed by atoms with van der Waals surface area (Å²) in [4.78, 5) is 12.0. The maximum Gasteiger partial charge on any atom is 0.228 e. The van der Waals surface area contributed by atoms with Gasteiger partial charge in [-0.3, -0.25) is 4.79 Å². The molecule has 0 aromatic heterocycles. The van der Waals surface area contributed by atoms with Crippen LogP contribution in [0.15, 0.2) is 48.5 Å². The molecule has 2 N–H and O–H groups in total. The van der Waals surface area contributed by atoms with Crippen molar-refractivity contribution in [3.63, 3.8) is 0 Å². The van der Waals surface area contributed by atoms with E-state index in [1.807, 2.05) is 36.4 Å². The number of carbonyl (C=O) groups is 1. The fraction of sp³-hybridized carbons (Fsp3) is 0.188. The lowest BCUT2D eigenvalue weighted by molar-refractivity contribution is -0.115. The van der Waals surface area contributed by atoms with Gasteiger partial charge in [-0.1, -0.05) is 30.3 Å². The molecule has 4 heteroatoms. The quantitative estimate of drug-likeness (QED) is 0.877. The van der Waals surface area contributed by atoms with Crippen LogP contribution in [0, 0.1) is 0 Å². The van der Waals surface area contributed by atoms with Gasteiger partial charge in [-0.2, -0.15) is 0 Å². The summed E-state index contributed by atoms with van der Waals surface area (Å²) in [7, 11) is 1.59. The second-order valence-electron chi connectivity index (χ2n) is 4.39. The van der Waals surface area contributed by atoms with Crippen LogP contribution in [0.4, 0.5) is 5.69 Å². The van der Waals surface area contributed by atoms with Gasteiger partial charge in [0, 0.05) is 11.3 Å². The maximum absolute atomic E-state index is 12.0. The van der Waals surface area contributed by atoms with Crippen LogP contribution in [0.5, 0.6) is 5.75 Å². The molecule has 0 unspecified atom stereocenters. The molecule has 0 aliphatic carbocycles. The molecule has 4 nitrogen and oxygen atoms in total. The molecule has 0 heterocycles. The standard InChI is InChI=1S/C16H17NO3/c1-20-14-7-4-5-12(9-14)10-16(19)17-15-8-3-2-6-13(15)11-18/h2-9,18H,10-11H2,1H3,(H,17,19). The highest BCUT2D eigenvalue weighted by Gasteiger charge is 2.07. The van der Waals surface area contributed by atoms with Crippen LogP contribution in [0.25, 0.3) is 0 Å². The molecule has 0 aliphatic rings. The van der Waals surface area contributed by atoms with Crippen LogP contribution in [-0.4, -0.2) is 18.1 Å². The van der Waals surface area contributed by atoms with Crippen molar-refractivity contribution in [1.29, 1.82) is 0 Å². The molecule has 2 rings (SSSR count). The Morgan fingerprint density at radius 2 is 2.00 bits per heavy atom. The molecule has 0 saturated heterocycles. The summed E-state index contributed by atoms with van der Waals surface area (Å²) in [6.07, 6.45) is 0.261. The number of rotatable bonds is 5. The maximum atomic E-state index is 12.0. The highest BCUT2D eigenvalue weighted by atomic mass is 16.5. The normalized spacial score (nSPS) is 10.1. The molecule has 20 heavy (non-hydrogen) atoms. The van der Waals surface area contributed by atoms with Crippen molar-refractivity contribution in [3.8, 4) is 5.75 Å². The third kappa shape index (κ3) is 3.59. The first-order valence-corrected chi connectivity index (χ1v) is 6.34. The smallest absolute Gasteiger partial charge is 0.228 e. The molecule has 2 aromatic rings. The number of methoxy groups -OCH3 is 1. The molecule has 0 atom stereocenters. The Bertz CT molecular complexity index is 596. The molecular formula is C16H17NO3. The molecule has 0 radical (unpaired) electrons. The minimum Gasteiger partial charge on any atom is -0.497 e. The summed E-state index contributed by atoms with van der Waals surface area (Å²) in [5, 5.41) is 12.0. The Kier molecular flexibility index (Phi) is 4.74. The number of aliphatic hydroxyl groups is 1. The molecular weight excluding hydrogens is 254 g/mol. The highest BCUT2D eigenvalue weighted by Crippen LogP contribution is 2.16. The van der Waals surface area contributed by atoms with E-state index in [9.17, 15) is 9.90 Å². The van der Waals surface area contributed by atoms with E-state index in [-0.39, 0.29) is 18.9 Å². The number of nitrogens with one attached hydrogen (secondary N) is 1. The van der Waals surface area contributed by atoms with E-state index in [0.29, 0.717) is 11.3 Å². The molecule has 0 saturated carbocycles. The molecule has 0 spiro atoms. The number of anilines is 1. The zero-order chi connectivity index (χ0) is 14.4. The summed E-state index contributed by atoms with van der Waals surface area (Å²) in [5.74, 6) is 0.602. The summed E-state index contributed by atoms with van der Waals surface area (Å²) in [5.41, 5.74) is 2.22. The lowest BCUT2D eigenvalue weighted by Crippen LogP contribution is -2.15. The van der Waals surface area contributed by atoms with Gasteiger partial charge in [-0.25, -0.2) is 0 Å². The number of hydrogen-bond donors (Lipinski definition) is 2. The van der Waals surface area contributed by atoms with Gasteiger partial charge in [0.05, 0.1) is 20.1 Å². The minimum absolute atomic E-state index is 0.102. The first kappa shape index (κ1) is 14.1. The average Bonchev–Trinajstić information content (AvgIpc) is 2.48. The van der Waals surface area contributed by atoms with Crippen LogP contribution >= 0.6 is 0 Å². The van der Waals surface area contributed by atoms with Crippen LogP contribution in [0.1, 0.15) is 11.1 Å². The van der Waals surface area contributed by atoms with Crippen molar-refractivity contribution in [1.82, 2.24) is 0 Å². The van der Waals surface area contributed by atoms with E-state index in [4.69, 9.17) is 4.74 Å². The number of carbonyl (C=O) groups excluding carboxylic acids is 1. The average molecular weight is 271 g/mol. The Hall–Kier alpha value is -2.33. The van der Waals surface area contributed by atoms with Crippen molar-refractivity contribution in [2.24, 2.45) is 0 Å². The molecule has 0 fully saturated rings. The lowest BCUT2D eigenvalue weighted by Gasteiger charge is -2.09. The Labute approximate surface area is 118 Å². The van der Waals surface area contributed by atoms with Crippen LogP contribution < -0.4 is 10.1 Å². The molecule has 2 aromatic carbocycles. The number of aliphatic hydroxyl groups excluding tert-OH is 1. The van der Waals surface area contributed by atoms with Crippen molar-refractivity contribution >= 4 is 11.6 Å². The Morgan fingerprint density at radius 3 is 2.75 bits per heavy atom. The highest BCUT2D eigenvalue weighted by molar-refractivity contribution is 5.93. The number of ether oxygens (including phenoxy) is 1. The monoisotopic (exact) mass is 271 g/mol. The third-order valence-corrected chi connectivity index (χ3v) is 2.96. The predicted molar refractivity (Wildman–Crippen MR) is 77.7 cm³/mol. The minimum atomic E-state index is -0.126. The number of benzene rings is 2. The number of hydrogen-bond acceptors (Lipinski definition) is 3. The molecule has 104 valence electrons. The summed E-state index contributed by atoms with van der Waals surface area (Å²) in [6.45, 7) is -0.102. The number of para-hydroxylation sites is 1. The van der Waals surface area contributed by atoms with E-state index in [2.05, 4.69) is 5.32 Å². The molecule has 0 aliphatic heterocycles. The second kappa shape index (κ2) is 6.73. The van der Waals surface area contributed by atoms with E-state index >= 15 is 0 Å². The van der Waals surface area contributed by atoms with Crippen molar-refractivity contribution in [3.05, 3.63) is 59.7 Å². The van der Waals surface area contributed by atoms with Gasteiger partial charge in [0.2, 0.25) is 5.91 Å². The van der Waals surface area contributed by atoms with Gasteiger partial charge in [-0.15, -0.1) is 0 Å². The molecule has 1 amide bonds. The fourth-order valence-electron chi connectivity index (χ4n) is 1.94. The number of amides is 1. The van der Waals surface area contributed by atoms with Gasteiger partial charge in [0.25, 0.3) is 0 Å². The SMILES string of the molecule is COc1cccc(CC(=O)Nc2ccccc2CO)c1. The Morgan fingerprint density at radius 1 is 1.20 bits per heavy atom. The first-order valence-electron chi connectivity index (χ1n) is 6.34. The summed E-state index contributed by atoms with van der Waals surface area (Å²) in [6, 6.07) is 14.6. The van der Waals surface area contributed by atoms with Crippen LogP contribution in [-0.2, 0) is 17.8 Å². The lowest BCUT2D eigenvalue weighted by atomic mass is 10.1. The zero-order valence-corrected chi connectivity index (χ0v) is 11.3. The topological polar surface area (TPSA) is 58.6 Å². The second-order valence-corrected chi connectivity index (χ2v) is 4.39. The van der Waals surface area contributed by atoms with Crippen molar-refractivity contribution in [2.75, 3.05) is 12.4 Å². The predicted octanol–water partition coefficient (Wildman–Crippen LogP) is 2.37. The summed E-state index contributed by atoms with van der Waals surface area (Å²) >= 11 is 0. The van der Waals surface area contributed by atoms with E-state index in [1.165, 1.54) is 0 Å². The summed E-state index contributed by atoms with van der Waals surface area (Å²) < 4.78 is 5.13. The van der Waals surface area contributed by atoms with E-state index in [1.54, 1.807) is 19.2 Å². The van der Waals surface area contributed by atoms with E-state index < -0.39 is 0 Å².